The zero-order valence-corrected chi connectivity index (χ0v) is 10.9. The molecule has 1 fully saturated rings. The lowest BCUT2D eigenvalue weighted by Gasteiger charge is -2.19. The molecule has 0 spiro atoms. The zero-order valence-electron chi connectivity index (χ0n) is 10.9. The molecule has 0 bridgehead atoms. The molecule has 1 aliphatic rings. The topological polar surface area (TPSA) is 57.5 Å². The lowest BCUT2D eigenvalue weighted by atomic mass is 9.87. The minimum atomic E-state index is -0.791. The number of benzene rings is 1. The molecule has 2 rings (SSSR count). The van der Waals surface area contributed by atoms with Gasteiger partial charge in [-0.1, -0.05) is 32.0 Å². The Hall–Kier alpha value is -1.51. The number of carboxylic acids is 1. The number of phenolic OH excluding ortho intramolecular Hbond substituents is 1. The van der Waals surface area contributed by atoms with E-state index in [1.807, 2.05) is 32.0 Å². The van der Waals surface area contributed by atoms with Gasteiger partial charge in [0.15, 0.2) is 0 Å². The van der Waals surface area contributed by atoms with Gasteiger partial charge in [0.05, 0.1) is 6.42 Å². The molecule has 0 aliphatic heterocycles. The number of hydrogen-bond donors (Lipinski definition) is 2. The first-order valence-corrected chi connectivity index (χ1v) is 6.54. The van der Waals surface area contributed by atoms with Crippen molar-refractivity contribution in [3.8, 4) is 5.75 Å². The molecule has 1 aromatic rings. The Morgan fingerprint density at radius 1 is 1.33 bits per heavy atom. The number of carboxylic acid groups (broad SMARTS) is 1. The van der Waals surface area contributed by atoms with Gasteiger partial charge in [-0.3, -0.25) is 4.79 Å². The van der Waals surface area contributed by atoms with E-state index in [0.717, 1.165) is 24.0 Å². The number of carbonyl (C=O) groups is 1. The molecule has 0 amide bonds. The molecule has 1 saturated carbocycles. The van der Waals surface area contributed by atoms with Gasteiger partial charge in [-0.15, -0.1) is 0 Å². The van der Waals surface area contributed by atoms with Gasteiger partial charge in [-0.2, -0.15) is 0 Å². The van der Waals surface area contributed by atoms with E-state index in [1.54, 1.807) is 0 Å². The Labute approximate surface area is 107 Å². The number of hydrogen-bond acceptors (Lipinski definition) is 2. The van der Waals surface area contributed by atoms with E-state index < -0.39 is 5.97 Å². The van der Waals surface area contributed by atoms with Gasteiger partial charge in [-0.05, 0) is 35.8 Å². The summed E-state index contributed by atoms with van der Waals surface area (Å²) in [5.74, 6) is 0.136. The van der Waals surface area contributed by atoms with Crippen molar-refractivity contribution in [1.29, 1.82) is 0 Å². The highest BCUT2D eigenvalue weighted by Gasteiger charge is 2.35. The van der Waals surface area contributed by atoms with E-state index in [9.17, 15) is 9.90 Å². The van der Waals surface area contributed by atoms with Crippen molar-refractivity contribution in [3.63, 3.8) is 0 Å². The molecule has 1 unspecified atom stereocenters. The molecule has 0 heterocycles. The molecule has 18 heavy (non-hydrogen) atoms. The van der Waals surface area contributed by atoms with Crippen LogP contribution >= 0.6 is 0 Å². The van der Waals surface area contributed by atoms with Gasteiger partial charge >= 0.3 is 5.97 Å². The largest absolute Gasteiger partial charge is 0.507 e. The number of aromatic hydroxyl groups is 1. The normalized spacial score (nSPS) is 16.8. The van der Waals surface area contributed by atoms with Gasteiger partial charge in [0, 0.05) is 5.92 Å². The summed E-state index contributed by atoms with van der Waals surface area (Å²) < 4.78 is 0. The minimum Gasteiger partial charge on any atom is -0.507 e. The third-order valence-electron chi connectivity index (χ3n) is 3.71. The molecule has 3 nitrogen and oxygen atoms in total. The Morgan fingerprint density at radius 2 is 1.94 bits per heavy atom. The Balaban J connectivity index is 2.35. The molecular formula is C15H20O3. The van der Waals surface area contributed by atoms with E-state index in [0.29, 0.717) is 11.7 Å². The Bertz CT molecular complexity index is 447. The lowest BCUT2D eigenvalue weighted by molar-refractivity contribution is -0.137. The van der Waals surface area contributed by atoms with Crippen molar-refractivity contribution >= 4 is 5.97 Å². The maximum absolute atomic E-state index is 11.0. The van der Waals surface area contributed by atoms with E-state index in [2.05, 4.69) is 0 Å². The highest BCUT2D eigenvalue weighted by Crippen LogP contribution is 2.47. The second-order valence-corrected chi connectivity index (χ2v) is 5.48. The molecule has 1 atom stereocenters. The van der Waals surface area contributed by atoms with Crippen LogP contribution in [-0.2, 0) is 4.79 Å². The summed E-state index contributed by atoms with van der Waals surface area (Å²) in [6.07, 6.45) is 2.26. The van der Waals surface area contributed by atoms with Gasteiger partial charge in [0.25, 0.3) is 0 Å². The van der Waals surface area contributed by atoms with E-state index >= 15 is 0 Å². The average molecular weight is 248 g/mol. The highest BCUT2D eigenvalue weighted by molar-refractivity contribution is 5.68. The lowest BCUT2D eigenvalue weighted by Crippen LogP contribution is -2.09. The van der Waals surface area contributed by atoms with Crippen LogP contribution in [0.25, 0.3) is 0 Å². The van der Waals surface area contributed by atoms with Crippen molar-refractivity contribution in [3.05, 3.63) is 29.3 Å². The molecule has 1 aromatic carbocycles. The first-order valence-electron chi connectivity index (χ1n) is 6.54. The molecule has 2 N–H and O–H groups in total. The van der Waals surface area contributed by atoms with Crippen LogP contribution in [-0.4, -0.2) is 16.2 Å². The van der Waals surface area contributed by atoms with Gasteiger partial charge in [-0.25, -0.2) is 0 Å². The first kappa shape index (κ1) is 12.9. The van der Waals surface area contributed by atoms with E-state index in [-0.39, 0.29) is 18.3 Å². The van der Waals surface area contributed by atoms with Crippen LogP contribution in [0.1, 0.15) is 56.1 Å². The third kappa shape index (κ3) is 2.66. The smallest absolute Gasteiger partial charge is 0.303 e. The second-order valence-electron chi connectivity index (χ2n) is 5.48. The maximum atomic E-state index is 11.0. The number of phenols is 1. The monoisotopic (exact) mass is 248 g/mol. The number of rotatable bonds is 5. The summed E-state index contributed by atoms with van der Waals surface area (Å²) in [7, 11) is 0. The van der Waals surface area contributed by atoms with Crippen molar-refractivity contribution < 1.29 is 15.0 Å². The van der Waals surface area contributed by atoms with Crippen LogP contribution in [0.4, 0.5) is 0 Å². The molecule has 0 saturated heterocycles. The summed E-state index contributed by atoms with van der Waals surface area (Å²) in [5, 5.41) is 19.3. The fraction of sp³-hybridized carbons (Fsp3) is 0.533. The number of para-hydroxylation sites is 1. The van der Waals surface area contributed by atoms with Crippen LogP contribution in [0, 0.1) is 5.92 Å². The van der Waals surface area contributed by atoms with Crippen LogP contribution < -0.4 is 0 Å². The van der Waals surface area contributed by atoms with Gasteiger partial charge < -0.3 is 10.2 Å². The van der Waals surface area contributed by atoms with E-state index in [4.69, 9.17) is 5.11 Å². The standard InChI is InChI=1S/C15H20O3/c1-9(2)11-4-3-5-12(15(11)18)13(8-14(16)17)10-6-7-10/h3-5,9-10,13,18H,6-8H2,1-2H3,(H,16,17). The fourth-order valence-corrected chi connectivity index (χ4v) is 2.56. The van der Waals surface area contributed by atoms with Crippen LogP contribution in [0.2, 0.25) is 0 Å². The third-order valence-corrected chi connectivity index (χ3v) is 3.71. The fourth-order valence-electron chi connectivity index (χ4n) is 2.56. The Kier molecular flexibility index (Phi) is 3.60. The van der Waals surface area contributed by atoms with Crippen LogP contribution in [0.5, 0.6) is 5.75 Å². The van der Waals surface area contributed by atoms with E-state index in [1.165, 1.54) is 0 Å². The van der Waals surface area contributed by atoms with Crippen molar-refractivity contribution in [2.45, 2.75) is 44.9 Å². The van der Waals surface area contributed by atoms with Crippen LogP contribution in [0.3, 0.4) is 0 Å². The zero-order chi connectivity index (χ0) is 13.3. The number of aliphatic carboxylic acids is 1. The molecule has 3 heteroatoms. The van der Waals surface area contributed by atoms with Crippen LogP contribution in [0.15, 0.2) is 18.2 Å². The van der Waals surface area contributed by atoms with Crippen molar-refractivity contribution in [2.24, 2.45) is 5.92 Å². The molecule has 0 aromatic heterocycles. The molecule has 98 valence electrons. The molecule has 1 aliphatic carbocycles. The molecular weight excluding hydrogens is 228 g/mol. The van der Waals surface area contributed by atoms with Crippen molar-refractivity contribution in [1.82, 2.24) is 0 Å². The first-order chi connectivity index (χ1) is 8.50. The summed E-state index contributed by atoms with van der Waals surface area (Å²) in [6.45, 7) is 4.06. The Morgan fingerprint density at radius 3 is 2.44 bits per heavy atom. The van der Waals surface area contributed by atoms with Crippen molar-refractivity contribution in [2.75, 3.05) is 0 Å². The SMILES string of the molecule is CC(C)c1cccc(C(CC(=O)O)C2CC2)c1O. The summed E-state index contributed by atoms with van der Waals surface area (Å²) >= 11 is 0. The predicted molar refractivity (Wildman–Crippen MR) is 69.9 cm³/mol. The summed E-state index contributed by atoms with van der Waals surface area (Å²) in [6, 6.07) is 5.70. The maximum Gasteiger partial charge on any atom is 0.303 e. The minimum absolute atomic E-state index is 0.0406. The predicted octanol–water partition coefficient (Wildman–Crippen LogP) is 3.48. The second kappa shape index (κ2) is 5.01. The quantitative estimate of drug-likeness (QED) is 0.838. The highest BCUT2D eigenvalue weighted by atomic mass is 16.4. The summed E-state index contributed by atoms with van der Waals surface area (Å²) in [5.41, 5.74) is 1.72. The average Bonchev–Trinajstić information content (AvgIpc) is 3.09. The molecule has 0 radical (unpaired) electrons. The van der Waals surface area contributed by atoms with Gasteiger partial charge in [0.2, 0.25) is 0 Å². The summed E-state index contributed by atoms with van der Waals surface area (Å²) in [4.78, 5) is 11.0. The van der Waals surface area contributed by atoms with Gasteiger partial charge in [0.1, 0.15) is 5.75 Å².